The van der Waals surface area contributed by atoms with Gasteiger partial charge in [-0.2, -0.15) is 0 Å². The van der Waals surface area contributed by atoms with Crippen LogP contribution < -0.4 is 0 Å². The molecule has 0 saturated carbocycles. The summed E-state index contributed by atoms with van der Waals surface area (Å²) in [6.45, 7) is 6.44. The third-order valence-corrected chi connectivity index (χ3v) is 11.8. The molecule has 1 atom stereocenters. The lowest BCUT2D eigenvalue weighted by molar-refractivity contribution is -0.166. The number of allylic oxidation sites excluding steroid dienone is 12. The molecule has 0 spiro atoms. The first-order valence-corrected chi connectivity index (χ1v) is 27.5. The second-order valence-corrected chi connectivity index (χ2v) is 18.2. The van der Waals surface area contributed by atoms with E-state index in [1.165, 1.54) is 141 Å². The van der Waals surface area contributed by atoms with Crippen LogP contribution in [0.4, 0.5) is 0 Å². The minimum absolute atomic E-state index is 0.100. The molecule has 0 rings (SSSR count). The summed E-state index contributed by atoms with van der Waals surface area (Å²) in [6.07, 6.45) is 67.6. The van der Waals surface area contributed by atoms with Gasteiger partial charge in [0.15, 0.2) is 6.10 Å². The molecule has 0 aliphatic heterocycles. The molecule has 0 bridgehead atoms. The molecule has 0 saturated heterocycles. The van der Waals surface area contributed by atoms with Crippen molar-refractivity contribution in [3.63, 3.8) is 0 Å². The predicted octanol–water partition coefficient (Wildman–Crippen LogP) is 18.2. The van der Waals surface area contributed by atoms with Gasteiger partial charge in [-0.05, 0) is 57.8 Å². The van der Waals surface area contributed by atoms with Gasteiger partial charge >= 0.3 is 17.9 Å². The fourth-order valence-corrected chi connectivity index (χ4v) is 7.68. The lowest BCUT2D eigenvalue weighted by Gasteiger charge is -2.18. The number of esters is 3. The molecule has 0 radical (unpaired) electrons. The number of hydrogen-bond donors (Lipinski definition) is 0. The van der Waals surface area contributed by atoms with Gasteiger partial charge in [0.05, 0.1) is 0 Å². The molecule has 0 aromatic rings. The van der Waals surface area contributed by atoms with E-state index in [0.717, 1.165) is 77.0 Å². The third-order valence-electron chi connectivity index (χ3n) is 11.8. The Hall–Kier alpha value is -3.15. The molecule has 0 aliphatic rings. The van der Waals surface area contributed by atoms with Crippen LogP contribution in [0, 0.1) is 0 Å². The van der Waals surface area contributed by atoms with Gasteiger partial charge in [-0.1, -0.05) is 261 Å². The van der Waals surface area contributed by atoms with Crippen LogP contribution in [0.3, 0.4) is 0 Å². The summed E-state index contributed by atoms with van der Waals surface area (Å²) in [5.74, 6) is -0.988. The summed E-state index contributed by atoms with van der Waals surface area (Å²) in [5.41, 5.74) is 0. The molecule has 1 unspecified atom stereocenters. The number of ether oxygens (including phenoxy) is 3. The van der Waals surface area contributed by atoms with Gasteiger partial charge in [0.1, 0.15) is 13.2 Å². The zero-order valence-corrected chi connectivity index (χ0v) is 42.7. The van der Waals surface area contributed by atoms with Crippen LogP contribution in [0.2, 0.25) is 0 Å². The van der Waals surface area contributed by atoms with Gasteiger partial charge in [0, 0.05) is 19.3 Å². The largest absolute Gasteiger partial charge is 0.462 e. The first-order chi connectivity index (χ1) is 32.0. The number of carbonyl (C=O) groups excluding carboxylic acids is 3. The van der Waals surface area contributed by atoms with Gasteiger partial charge < -0.3 is 14.2 Å². The Morgan fingerprint density at radius 1 is 0.338 bits per heavy atom. The lowest BCUT2D eigenvalue weighted by atomic mass is 10.0. The quantitative estimate of drug-likeness (QED) is 0.0199. The Labute approximate surface area is 402 Å². The van der Waals surface area contributed by atoms with Crippen molar-refractivity contribution >= 4 is 17.9 Å². The maximum absolute atomic E-state index is 12.8. The van der Waals surface area contributed by atoms with Crippen molar-refractivity contribution in [3.05, 3.63) is 72.9 Å². The topological polar surface area (TPSA) is 78.9 Å². The van der Waals surface area contributed by atoms with Crippen LogP contribution in [-0.4, -0.2) is 37.2 Å². The molecule has 65 heavy (non-hydrogen) atoms. The van der Waals surface area contributed by atoms with Crippen LogP contribution in [0.1, 0.15) is 265 Å². The van der Waals surface area contributed by atoms with Crippen molar-refractivity contribution in [1.82, 2.24) is 0 Å². The van der Waals surface area contributed by atoms with Crippen molar-refractivity contribution in [2.24, 2.45) is 0 Å². The first-order valence-electron chi connectivity index (χ1n) is 27.5. The molecule has 6 heteroatoms. The van der Waals surface area contributed by atoms with Crippen LogP contribution in [-0.2, 0) is 28.6 Å². The molecule has 6 nitrogen and oxygen atoms in total. The van der Waals surface area contributed by atoms with Crippen molar-refractivity contribution in [2.75, 3.05) is 13.2 Å². The normalized spacial score (nSPS) is 12.6. The Morgan fingerprint density at radius 2 is 0.692 bits per heavy atom. The Bertz CT molecular complexity index is 1230. The second kappa shape index (κ2) is 53.5. The molecule has 374 valence electrons. The Kier molecular flexibility index (Phi) is 50.9. The predicted molar refractivity (Wildman–Crippen MR) is 279 cm³/mol. The van der Waals surface area contributed by atoms with Crippen LogP contribution in [0.5, 0.6) is 0 Å². The summed E-state index contributed by atoms with van der Waals surface area (Å²) in [5, 5.41) is 0. The highest BCUT2D eigenvalue weighted by atomic mass is 16.6. The SMILES string of the molecule is CC/C=C/C=C/C=C/C=C/CCCCCCCC(=O)OC(COC(=O)CC/C=C/C/C=C/CCCCCCCC)COC(=O)CCCCCCCCCCCCCCCCCCCCC. The molecule has 0 aromatic carbocycles. The van der Waals surface area contributed by atoms with Crippen molar-refractivity contribution in [1.29, 1.82) is 0 Å². The van der Waals surface area contributed by atoms with Crippen molar-refractivity contribution < 1.29 is 28.6 Å². The third kappa shape index (κ3) is 51.7. The van der Waals surface area contributed by atoms with Gasteiger partial charge in [-0.15, -0.1) is 0 Å². The lowest BCUT2D eigenvalue weighted by Crippen LogP contribution is -2.30. The van der Waals surface area contributed by atoms with E-state index in [2.05, 4.69) is 69.4 Å². The molecule has 0 amide bonds. The minimum Gasteiger partial charge on any atom is -0.462 e. The molecule has 0 aromatic heterocycles. The summed E-state index contributed by atoms with van der Waals surface area (Å²) in [4.78, 5) is 38.0. The summed E-state index contributed by atoms with van der Waals surface area (Å²) >= 11 is 0. The van der Waals surface area contributed by atoms with E-state index in [0.29, 0.717) is 19.3 Å². The molecule has 0 heterocycles. The number of unbranched alkanes of at least 4 members (excludes halogenated alkanes) is 29. The van der Waals surface area contributed by atoms with E-state index in [1.807, 2.05) is 24.3 Å². The maximum Gasteiger partial charge on any atom is 0.306 e. The standard InChI is InChI=1S/C59H102O6/c1-4-7-10-13-16-19-22-25-27-28-29-30-32-34-37-40-43-46-49-52-58(61)64-55-56(54-63-57(60)51-48-45-42-39-36-33-24-21-18-15-12-9-6-3)65-59(62)53-50-47-44-41-38-35-31-26-23-20-17-14-11-8-5-2/h8,11,14,17,20,23,26,31,33,36,42,45,56H,4-7,9-10,12-13,15-16,18-19,21-22,24-25,27-30,32,34-35,37-41,43-44,46-55H2,1-3H3/b11-8+,17-14+,23-20+,31-26+,36-33+,45-42+. The average molecular weight is 907 g/mol. The van der Waals surface area contributed by atoms with E-state index in [9.17, 15) is 14.4 Å². The first kappa shape index (κ1) is 61.9. The van der Waals surface area contributed by atoms with E-state index in [4.69, 9.17) is 14.2 Å². The fourth-order valence-electron chi connectivity index (χ4n) is 7.68. The summed E-state index contributed by atoms with van der Waals surface area (Å²) < 4.78 is 16.8. The van der Waals surface area contributed by atoms with Gasteiger partial charge in [0.2, 0.25) is 0 Å². The second-order valence-electron chi connectivity index (χ2n) is 18.2. The summed E-state index contributed by atoms with van der Waals surface area (Å²) in [6, 6.07) is 0. The number of carbonyl (C=O) groups is 3. The highest BCUT2D eigenvalue weighted by Crippen LogP contribution is 2.16. The number of hydrogen-bond acceptors (Lipinski definition) is 6. The van der Waals surface area contributed by atoms with Crippen LogP contribution >= 0.6 is 0 Å². The van der Waals surface area contributed by atoms with Crippen molar-refractivity contribution in [2.45, 2.75) is 271 Å². The smallest absolute Gasteiger partial charge is 0.306 e. The average Bonchev–Trinajstić information content (AvgIpc) is 3.30. The van der Waals surface area contributed by atoms with Crippen LogP contribution in [0.15, 0.2) is 72.9 Å². The molecule has 0 aliphatic carbocycles. The van der Waals surface area contributed by atoms with E-state index >= 15 is 0 Å². The molecule has 0 N–H and O–H groups in total. The van der Waals surface area contributed by atoms with Gasteiger partial charge in [-0.3, -0.25) is 14.4 Å². The monoisotopic (exact) mass is 907 g/mol. The highest BCUT2D eigenvalue weighted by molar-refractivity contribution is 5.71. The van der Waals surface area contributed by atoms with E-state index in [1.54, 1.807) is 0 Å². The fraction of sp³-hybridized carbons (Fsp3) is 0.746. The van der Waals surface area contributed by atoms with Gasteiger partial charge in [0.25, 0.3) is 0 Å². The number of rotatable bonds is 49. The zero-order chi connectivity index (χ0) is 47.2. The van der Waals surface area contributed by atoms with Crippen LogP contribution in [0.25, 0.3) is 0 Å². The highest BCUT2D eigenvalue weighted by Gasteiger charge is 2.19. The zero-order valence-electron chi connectivity index (χ0n) is 42.7. The molecular weight excluding hydrogens is 805 g/mol. The maximum atomic E-state index is 12.8. The molecular formula is C59H102O6. The van der Waals surface area contributed by atoms with E-state index in [-0.39, 0.29) is 37.5 Å². The summed E-state index contributed by atoms with van der Waals surface area (Å²) in [7, 11) is 0. The Morgan fingerprint density at radius 3 is 1.15 bits per heavy atom. The Balaban J connectivity index is 4.41. The van der Waals surface area contributed by atoms with Gasteiger partial charge in [-0.25, -0.2) is 0 Å². The molecule has 0 fully saturated rings. The minimum atomic E-state index is -0.808. The van der Waals surface area contributed by atoms with Crippen molar-refractivity contribution in [3.8, 4) is 0 Å². The van der Waals surface area contributed by atoms with E-state index < -0.39 is 6.10 Å².